The molecule has 3 nitrogen and oxygen atoms in total. The molecule has 2 atom stereocenters. The standard InChI is InChI=1S/C22H32N3.Fe/c1-13-7-15(3)21(16(4)8-13)19(23)11-25-12-20(24)22-17(5)9-14(2)10-18(22)6;/h7-10,19-20H,11-12,23-24H2,1-6H3;/q-1;. The zero-order chi connectivity index (χ0) is 18.7. The average Bonchev–Trinajstić information content (AvgIpc) is 2.44. The van der Waals surface area contributed by atoms with Crippen LogP contribution in [0, 0.1) is 41.5 Å². The Bertz CT molecular complexity index is 646. The maximum Gasteiger partial charge on any atom is 0.0110 e. The van der Waals surface area contributed by atoms with E-state index in [2.05, 4.69) is 71.1 Å². The SMILES string of the molecule is Cc1cc(C)c(C(N)C[N-]CC(N)c2c(C)cc(C)cc2C)c(C)c1.[Fe]. The van der Waals surface area contributed by atoms with Gasteiger partial charge in [0, 0.05) is 29.2 Å². The third-order valence-electron chi connectivity index (χ3n) is 4.87. The number of hydrogen-bond donors (Lipinski definition) is 2. The first-order valence-electron chi connectivity index (χ1n) is 9.00. The summed E-state index contributed by atoms with van der Waals surface area (Å²) in [7, 11) is 0. The minimum absolute atomic E-state index is 0. The molecule has 2 rings (SSSR count). The average molecular weight is 394 g/mol. The smallest absolute Gasteiger partial charge is 0.0110 e. The van der Waals surface area contributed by atoms with Crippen LogP contribution in [0.25, 0.3) is 5.32 Å². The van der Waals surface area contributed by atoms with E-state index in [1.54, 1.807) is 0 Å². The Kier molecular flexibility index (Phi) is 8.52. The van der Waals surface area contributed by atoms with Gasteiger partial charge in [0.1, 0.15) is 0 Å². The van der Waals surface area contributed by atoms with Crippen molar-refractivity contribution in [1.82, 2.24) is 0 Å². The van der Waals surface area contributed by atoms with E-state index in [1.165, 1.54) is 44.5 Å². The Labute approximate surface area is 169 Å². The van der Waals surface area contributed by atoms with E-state index in [0.29, 0.717) is 13.1 Å². The molecule has 144 valence electrons. The Morgan fingerprint density at radius 3 is 1.19 bits per heavy atom. The van der Waals surface area contributed by atoms with Gasteiger partial charge in [0.05, 0.1) is 0 Å². The predicted molar refractivity (Wildman–Crippen MR) is 108 cm³/mol. The van der Waals surface area contributed by atoms with Crippen LogP contribution in [0.5, 0.6) is 0 Å². The molecule has 0 saturated heterocycles. The van der Waals surface area contributed by atoms with Crippen molar-refractivity contribution in [3.05, 3.63) is 74.1 Å². The minimum Gasteiger partial charge on any atom is -0.659 e. The van der Waals surface area contributed by atoms with Crippen LogP contribution in [0.4, 0.5) is 0 Å². The molecule has 0 saturated carbocycles. The first-order valence-corrected chi connectivity index (χ1v) is 9.00. The molecule has 4 heteroatoms. The second-order valence-electron chi connectivity index (χ2n) is 7.43. The molecule has 2 aromatic carbocycles. The van der Waals surface area contributed by atoms with Crippen molar-refractivity contribution in [3.63, 3.8) is 0 Å². The number of nitrogens with zero attached hydrogens (tertiary/aromatic N) is 1. The van der Waals surface area contributed by atoms with Gasteiger partial charge in [-0.25, -0.2) is 0 Å². The van der Waals surface area contributed by atoms with Crippen molar-refractivity contribution in [1.29, 1.82) is 0 Å². The number of hydrogen-bond acceptors (Lipinski definition) is 2. The van der Waals surface area contributed by atoms with E-state index in [4.69, 9.17) is 11.5 Å². The van der Waals surface area contributed by atoms with Gasteiger partial charge in [-0.3, -0.25) is 0 Å². The summed E-state index contributed by atoms with van der Waals surface area (Å²) >= 11 is 0. The van der Waals surface area contributed by atoms with Crippen molar-refractivity contribution in [2.75, 3.05) is 13.1 Å². The molecule has 0 bridgehead atoms. The second kappa shape index (κ2) is 9.68. The van der Waals surface area contributed by atoms with Crippen molar-refractivity contribution in [3.8, 4) is 0 Å². The summed E-state index contributed by atoms with van der Waals surface area (Å²) in [5.41, 5.74) is 22.8. The fraction of sp³-hybridized carbons (Fsp3) is 0.455. The maximum absolute atomic E-state index is 6.42. The van der Waals surface area contributed by atoms with Crippen LogP contribution in [0.15, 0.2) is 24.3 Å². The molecule has 0 aromatic heterocycles. The van der Waals surface area contributed by atoms with Crippen LogP contribution in [-0.2, 0) is 17.1 Å². The van der Waals surface area contributed by atoms with Gasteiger partial charge in [-0.1, -0.05) is 35.4 Å². The topological polar surface area (TPSA) is 66.1 Å². The monoisotopic (exact) mass is 394 g/mol. The Hall–Kier alpha value is -1.16. The maximum atomic E-state index is 6.42. The van der Waals surface area contributed by atoms with E-state index in [1.807, 2.05) is 0 Å². The molecule has 0 fully saturated rings. The fourth-order valence-electron chi connectivity index (χ4n) is 4.09. The summed E-state index contributed by atoms with van der Waals surface area (Å²) < 4.78 is 0. The first kappa shape index (κ1) is 22.9. The first-order chi connectivity index (χ1) is 11.7. The van der Waals surface area contributed by atoms with Gasteiger partial charge in [0.2, 0.25) is 0 Å². The van der Waals surface area contributed by atoms with E-state index in [-0.39, 0.29) is 29.2 Å². The van der Waals surface area contributed by atoms with Crippen LogP contribution in [-0.4, -0.2) is 13.1 Å². The van der Waals surface area contributed by atoms with Gasteiger partial charge < -0.3 is 16.8 Å². The van der Waals surface area contributed by atoms with Crippen LogP contribution in [0.3, 0.4) is 0 Å². The second-order valence-corrected chi connectivity index (χ2v) is 7.43. The summed E-state index contributed by atoms with van der Waals surface area (Å²) in [4.78, 5) is 0. The van der Waals surface area contributed by atoms with Gasteiger partial charge in [-0.15, -0.1) is 13.1 Å². The van der Waals surface area contributed by atoms with Crippen LogP contribution in [0.1, 0.15) is 56.6 Å². The summed E-state index contributed by atoms with van der Waals surface area (Å²) in [6.07, 6.45) is 0. The van der Waals surface area contributed by atoms with Gasteiger partial charge >= 0.3 is 0 Å². The normalized spacial score (nSPS) is 13.2. The third kappa shape index (κ3) is 5.42. The molecule has 0 amide bonds. The fourth-order valence-corrected chi connectivity index (χ4v) is 4.09. The Morgan fingerprint density at radius 1 is 0.654 bits per heavy atom. The van der Waals surface area contributed by atoms with Crippen molar-refractivity contribution >= 4 is 0 Å². The summed E-state index contributed by atoms with van der Waals surface area (Å²) in [5, 5.41) is 4.68. The molecule has 0 aliphatic carbocycles. The number of rotatable bonds is 6. The number of nitrogens with two attached hydrogens (primary N) is 2. The molecule has 0 aliphatic heterocycles. The number of aryl methyl sites for hydroxylation is 6. The Balaban J connectivity index is 0.00000338. The molecule has 0 spiro atoms. The quantitative estimate of drug-likeness (QED) is 0.703. The van der Waals surface area contributed by atoms with Crippen LogP contribution >= 0.6 is 0 Å². The van der Waals surface area contributed by atoms with E-state index < -0.39 is 0 Å². The van der Waals surface area contributed by atoms with Gasteiger partial charge in [0.15, 0.2) is 0 Å². The predicted octanol–water partition coefficient (Wildman–Crippen LogP) is 4.61. The molecule has 26 heavy (non-hydrogen) atoms. The zero-order valence-electron chi connectivity index (χ0n) is 16.8. The van der Waals surface area contributed by atoms with Crippen LogP contribution in [0.2, 0.25) is 0 Å². The molecule has 2 aromatic rings. The van der Waals surface area contributed by atoms with Crippen LogP contribution < -0.4 is 11.5 Å². The number of benzene rings is 2. The van der Waals surface area contributed by atoms with Gasteiger partial charge in [-0.05, 0) is 74.9 Å². The molecule has 0 aliphatic rings. The van der Waals surface area contributed by atoms with Crippen molar-refractivity contribution in [2.45, 2.75) is 53.6 Å². The largest absolute Gasteiger partial charge is 0.659 e. The third-order valence-corrected chi connectivity index (χ3v) is 4.87. The molecular formula is C22H32FeN3-. The summed E-state index contributed by atoms with van der Waals surface area (Å²) in [6, 6.07) is 8.60. The summed E-state index contributed by atoms with van der Waals surface area (Å²) in [6.45, 7) is 13.9. The van der Waals surface area contributed by atoms with Gasteiger partial charge in [0.25, 0.3) is 0 Å². The van der Waals surface area contributed by atoms with Crippen molar-refractivity contribution < 1.29 is 17.1 Å². The van der Waals surface area contributed by atoms with E-state index in [0.717, 1.165) is 0 Å². The van der Waals surface area contributed by atoms with E-state index in [9.17, 15) is 0 Å². The van der Waals surface area contributed by atoms with E-state index >= 15 is 0 Å². The molecular weight excluding hydrogens is 362 g/mol. The van der Waals surface area contributed by atoms with Gasteiger partial charge in [-0.2, -0.15) is 0 Å². The summed E-state index contributed by atoms with van der Waals surface area (Å²) in [5.74, 6) is 0. The molecule has 0 heterocycles. The molecule has 4 N–H and O–H groups in total. The van der Waals surface area contributed by atoms with Crippen molar-refractivity contribution in [2.24, 2.45) is 11.5 Å². The zero-order valence-corrected chi connectivity index (χ0v) is 17.9. The minimum atomic E-state index is -0.0759. The Morgan fingerprint density at radius 2 is 0.923 bits per heavy atom. The molecule has 0 radical (unpaired) electrons. The molecule has 2 unspecified atom stereocenters.